The van der Waals surface area contributed by atoms with Crippen LogP contribution in [0.25, 0.3) is 0 Å². The van der Waals surface area contributed by atoms with E-state index in [9.17, 15) is 10.1 Å². The van der Waals surface area contributed by atoms with Crippen LogP contribution in [0, 0.1) is 17.0 Å². The molecule has 0 unspecified atom stereocenters. The van der Waals surface area contributed by atoms with Gasteiger partial charge in [-0.25, -0.2) is 4.98 Å². The van der Waals surface area contributed by atoms with Crippen LogP contribution in [0.15, 0.2) is 12.1 Å². The fourth-order valence-corrected chi connectivity index (χ4v) is 1.11. The van der Waals surface area contributed by atoms with Crippen molar-refractivity contribution in [1.29, 1.82) is 0 Å². The average molecular weight is 211 g/mol. The number of nitrogens with zero attached hydrogens (tertiary/aromatic N) is 2. The summed E-state index contributed by atoms with van der Waals surface area (Å²) in [4.78, 5) is 14.2. The molecule has 0 aliphatic rings. The third kappa shape index (κ3) is 3.17. The molecule has 0 aliphatic heterocycles. The van der Waals surface area contributed by atoms with Gasteiger partial charge in [-0.05, 0) is 19.4 Å². The van der Waals surface area contributed by atoms with Crippen molar-refractivity contribution in [3.8, 4) is 0 Å². The first-order valence-corrected chi connectivity index (χ1v) is 4.62. The number of nitro groups is 1. The molecule has 1 heterocycles. The number of hydrogen-bond acceptors (Lipinski definition) is 5. The molecule has 2 N–H and O–H groups in total. The smallest absolute Gasteiger partial charge is 0.311 e. The number of aliphatic hydroxyl groups is 1. The van der Waals surface area contributed by atoms with Crippen LogP contribution in [0.2, 0.25) is 0 Å². The van der Waals surface area contributed by atoms with Crippen molar-refractivity contribution in [2.45, 2.75) is 13.3 Å². The highest BCUT2D eigenvalue weighted by atomic mass is 16.6. The topological polar surface area (TPSA) is 88.3 Å². The highest BCUT2D eigenvalue weighted by molar-refractivity contribution is 5.55. The highest BCUT2D eigenvalue weighted by Gasteiger charge is 2.14. The third-order valence-electron chi connectivity index (χ3n) is 1.84. The second-order valence-corrected chi connectivity index (χ2v) is 3.08. The average Bonchev–Trinajstić information content (AvgIpc) is 2.18. The van der Waals surface area contributed by atoms with Gasteiger partial charge in [0.05, 0.1) is 4.92 Å². The lowest BCUT2D eigenvalue weighted by atomic mass is 10.3. The molecule has 0 aliphatic carbocycles. The van der Waals surface area contributed by atoms with Gasteiger partial charge in [0.25, 0.3) is 0 Å². The van der Waals surface area contributed by atoms with E-state index in [1.54, 1.807) is 13.0 Å². The standard InChI is InChI=1S/C9H13N3O3/c1-7-3-4-8(12(14)15)9(11-7)10-5-2-6-13/h3-4,13H,2,5-6H2,1H3,(H,10,11). The summed E-state index contributed by atoms with van der Waals surface area (Å²) in [5.41, 5.74) is 0.672. The Balaban J connectivity index is 2.82. The number of pyridine rings is 1. The van der Waals surface area contributed by atoms with Crippen molar-refractivity contribution in [3.63, 3.8) is 0 Å². The molecular formula is C9H13N3O3. The van der Waals surface area contributed by atoms with Gasteiger partial charge < -0.3 is 10.4 Å². The number of rotatable bonds is 5. The van der Waals surface area contributed by atoms with Crippen LogP contribution in [-0.4, -0.2) is 28.2 Å². The van der Waals surface area contributed by atoms with E-state index < -0.39 is 4.92 Å². The van der Waals surface area contributed by atoms with Gasteiger partial charge in [0.1, 0.15) is 0 Å². The number of anilines is 1. The van der Waals surface area contributed by atoms with Gasteiger partial charge in [-0.15, -0.1) is 0 Å². The van der Waals surface area contributed by atoms with Crippen LogP contribution in [0.5, 0.6) is 0 Å². The second kappa shape index (κ2) is 5.26. The maximum atomic E-state index is 10.6. The minimum atomic E-state index is -0.478. The molecule has 0 atom stereocenters. The van der Waals surface area contributed by atoms with E-state index in [1.165, 1.54) is 6.07 Å². The molecule has 0 bridgehead atoms. The van der Waals surface area contributed by atoms with Crippen LogP contribution in [0.1, 0.15) is 12.1 Å². The Hall–Kier alpha value is -1.69. The first-order valence-electron chi connectivity index (χ1n) is 4.62. The van der Waals surface area contributed by atoms with Crippen molar-refractivity contribution in [2.75, 3.05) is 18.5 Å². The van der Waals surface area contributed by atoms with Crippen molar-refractivity contribution >= 4 is 11.5 Å². The zero-order valence-corrected chi connectivity index (χ0v) is 8.43. The zero-order valence-electron chi connectivity index (χ0n) is 8.43. The van der Waals surface area contributed by atoms with Gasteiger partial charge in [0.15, 0.2) is 0 Å². The van der Waals surface area contributed by atoms with E-state index in [0.717, 1.165) is 0 Å². The molecule has 0 radical (unpaired) electrons. The summed E-state index contributed by atoms with van der Waals surface area (Å²) in [5.74, 6) is 0.258. The summed E-state index contributed by atoms with van der Waals surface area (Å²) < 4.78 is 0. The van der Waals surface area contributed by atoms with E-state index in [2.05, 4.69) is 10.3 Å². The van der Waals surface area contributed by atoms with Crippen LogP contribution in [-0.2, 0) is 0 Å². The predicted molar refractivity (Wildman–Crippen MR) is 55.8 cm³/mol. The summed E-state index contributed by atoms with van der Waals surface area (Å²) in [7, 11) is 0. The summed E-state index contributed by atoms with van der Waals surface area (Å²) in [6.07, 6.45) is 0.535. The fraction of sp³-hybridized carbons (Fsp3) is 0.444. The Kier molecular flexibility index (Phi) is 3.99. The number of aryl methyl sites for hydroxylation is 1. The summed E-state index contributed by atoms with van der Waals surface area (Å²) in [6, 6.07) is 3.01. The molecule has 0 saturated carbocycles. The minimum Gasteiger partial charge on any atom is -0.396 e. The van der Waals surface area contributed by atoms with E-state index in [4.69, 9.17) is 5.11 Å². The molecule has 0 spiro atoms. The van der Waals surface area contributed by atoms with E-state index in [-0.39, 0.29) is 18.1 Å². The number of aromatic nitrogens is 1. The largest absolute Gasteiger partial charge is 0.396 e. The van der Waals surface area contributed by atoms with Crippen molar-refractivity contribution in [1.82, 2.24) is 4.98 Å². The monoisotopic (exact) mass is 211 g/mol. The first-order chi connectivity index (χ1) is 7.15. The van der Waals surface area contributed by atoms with Crippen molar-refractivity contribution in [2.24, 2.45) is 0 Å². The quantitative estimate of drug-likeness (QED) is 0.432. The normalized spacial score (nSPS) is 10.0. The predicted octanol–water partition coefficient (Wildman–Crippen LogP) is 1.09. The van der Waals surface area contributed by atoms with Gasteiger partial charge in [0.2, 0.25) is 5.82 Å². The molecule has 0 saturated heterocycles. The van der Waals surface area contributed by atoms with Gasteiger partial charge in [0, 0.05) is 24.9 Å². The lowest BCUT2D eigenvalue weighted by molar-refractivity contribution is -0.384. The molecule has 6 nitrogen and oxygen atoms in total. The summed E-state index contributed by atoms with van der Waals surface area (Å²) in [5, 5.41) is 22.0. The Morgan fingerprint density at radius 2 is 2.33 bits per heavy atom. The molecule has 6 heteroatoms. The van der Waals surface area contributed by atoms with Crippen LogP contribution in [0.4, 0.5) is 11.5 Å². The third-order valence-corrected chi connectivity index (χ3v) is 1.84. The molecular weight excluding hydrogens is 198 g/mol. The Bertz CT molecular complexity index is 354. The summed E-state index contributed by atoms with van der Waals surface area (Å²) in [6.45, 7) is 2.28. The maximum absolute atomic E-state index is 10.6. The summed E-state index contributed by atoms with van der Waals surface area (Å²) >= 11 is 0. The van der Waals surface area contributed by atoms with Gasteiger partial charge in [-0.1, -0.05) is 0 Å². The number of nitrogens with one attached hydrogen (secondary N) is 1. The Labute approximate surface area is 87.1 Å². The van der Waals surface area contributed by atoms with Crippen molar-refractivity contribution < 1.29 is 10.0 Å². The minimum absolute atomic E-state index is 0.0430. The number of hydrogen-bond donors (Lipinski definition) is 2. The van der Waals surface area contributed by atoms with Gasteiger partial charge in [-0.2, -0.15) is 0 Å². The van der Waals surface area contributed by atoms with Crippen LogP contribution < -0.4 is 5.32 Å². The van der Waals surface area contributed by atoms with E-state index in [1.807, 2.05) is 0 Å². The lowest BCUT2D eigenvalue weighted by Crippen LogP contribution is -2.08. The van der Waals surface area contributed by atoms with E-state index in [0.29, 0.717) is 18.7 Å². The lowest BCUT2D eigenvalue weighted by Gasteiger charge is -2.05. The zero-order chi connectivity index (χ0) is 11.3. The molecule has 1 rings (SSSR count). The molecule has 0 fully saturated rings. The van der Waals surface area contributed by atoms with E-state index >= 15 is 0 Å². The molecule has 1 aromatic rings. The van der Waals surface area contributed by atoms with Gasteiger partial charge >= 0.3 is 5.69 Å². The first kappa shape index (κ1) is 11.4. The van der Waals surface area contributed by atoms with Crippen LogP contribution >= 0.6 is 0 Å². The van der Waals surface area contributed by atoms with Crippen LogP contribution in [0.3, 0.4) is 0 Å². The fourth-order valence-electron chi connectivity index (χ4n) is 1.11. The molecule has 1 aromatic heterocycles. The van der Waals surface area contributed by atoms with Gasteiger partial charge in [-0.3, -0.25) is 10.1 Å². The van der Waals surface area contributed by atoms with Crippen molar-refractivity contribution in [3.05, 3.63) is 27.9 Å². The number of aliphatic hydroxyl groups excluding tert-OH is 1. The molecule has 0 aromatic carbocycles. The maximum Gasteiger partial charge on any atom is 0.311 e. The highest BCUT2D eigenvalue weighted by Crippen LogP contribution is 2.21. The molecule has 15 heavy (non-hydrogen) atoms. The Morgan fingerprint density at radius 1 is 1.60 bits per heavy atom. The second-order valence-electron chi connectivity index (χ2n) is 3.08. The molecule has 82 valence electrons. The SMILES string of the molecule is Cc1ccc([N+](=O)[O-])c(NCCCO)n1. The Morgan fingerprint density at radius 3 is 2.93 bits per heavy atom. The molecule has 0 amide bonds.